The molecule has 2 aromatic carbocycles. The number of hydrogen-bond donors (Lipinski definition) is 1. The van der Waals surface area contributed by atoms with Crippen LogP contribution in [0.5, 0.6) is 11.5 Å². The maximum absolute atomic E-state index is 12.0. The normalized spacial score (nSPS) is 11.7. The largest absolute Gasteiger partial charge is 0.508 e. The number of benzene rings is 2. The lowest BCUT2D eigenvalue weighted by molar-refractivity contribution is 0.407. The molecule has 0 saturated heterocycles. The number of nitrogens with zero attached hydrogens (tertiary/aromatic N) is 1. The van der Waals surface area contributed by atoms with Crippen LogP contribution in [0.25, 0.3) is 0 Å². The van der Waals surface area contributed by atoms with E-state index in [-0.39, 0.29) is 10.6 Å². The summed E-state index contributed by atoms with van der Waals surface area (Å²) in [6.07, 6.45) is 1.20. The molecule has 0 fully saturated rings. The van der Waals surface area contributed by atoms with Gasteiger partial charge in [-0.1, -0.05) is 18.2 Å². The Bertz CT molecular complexity index is 724. The molecule has 2 aromatic rings. The van der Waals surface area contributed by atoms with Crippen molar-refractivity contribution in [2.75, 3.05) is 7.11 Å². The molecule has 0 atom stereocenters. The lowest BCUT2D eigenvalue weighted by Crippen LogP contribution is -1.98. The molecule has 0 amide bonds. The quantitative estimate of drug-likeness (QED) is 0.876. The van der Waals surface area contributed by atoms with E-state index in [9.17, 15) is 13.5 Å². The second-order valence-corrected chi connectivity index (χ2v) is 5.58. The van der Waals surface area contributed by atoms with Crippen molar-refractivity contribution < 1.29 is 18.3 Å². The van der Waals surface area contributed by atoms with Crippen LogP contribution in [0.3, 0.4) is 0 Å². The van der Waals surface area contributed by atoms with E-state index in [4.69, 9.17) is 4.74 Å². The van der Waals surface area contributed by atoms with Crippen molar-refractivity contribution in [3.05, 3.63) is 54.1 Å². The molecule has 1 N–H and O–H groups in total. The van der Waals surface area contributed by atoms with Gasteiger partial charge in [0.25, 0.3) is 10.0 Å². The topological polar surface area (TPSA) is 76.0 Å². The second kappa shape index (κ2) is 5.75. The smallest absolute Gasteiger partial charge is 0.282 e. The van der Waals surface area contributed by atoms with E-state index in [0.717, 1.165) is 0 Å². The first-order valence-electron chi connectivity index (χ1n) is 5.75. The fraction of sp³-hybridized carbons (Fsp3) is 0.0714. The van der Waals surface area contributed by atoms with Crippen LogP contribution in [0.2, 0.25) is 0 Å². The van der Waals surface area contributed by atoms with Gasteiger partial charge in [-0.3, -0.25) is 0 Å². The molecule has 0 aliphatic heterocycles. The molecular weight excluding hydrogens is 278 g/mol. The third-order valence-electron chi connectivity index (χ3n) is 2.59. The predicted molar refractivity (Wildman–Crippen MR) is 75.9 cm³/mol. The number of hydrogen-bond acceptors (Lipinski definition) is 4. The third-order valence-corrected chi connectivity index (χ3v) is 3.84. The van der Waals surface area contributed by atoms with Crippen molar-refractivity contribution in [1.29, 1.82) is 0 Å². The van der Waals surface area contributed by atoms with Crippen molar-refractivity contribution in [3.63, 3.8) is 0 Å². The molecule has 2 rings (SSSR count). The van der Waals surface area contributed by atoms with Gasteiger partial charge in [0.1, 0.15) is 11.5 Å². The molecule has 0 heterocycles. The zero-order valence-corrected chi connectivity index (χ0v) is 11.5. The highest BCUT2D eigenvalue weighted by Crippen LogP contribution is 2.22. The Morgan fingerprint density at radius 1 is 1.15 bits per heavy atom. The van der Waals surface area contributed by atoms with Crippen molar-refractivity contribution in [1.82, 2.24) is 0 Å². The van der Waals surface area contributed by atoms with Crippen LogP contribution in [0.15, 0.2) is 57.8 Å². The van der Waals surface area contributed by atoms with Gasteiger partial charge >= 0.3 is 0 Å². The van der Waals surface area contributed by atoms with E-state index in [1.807, 2.05) is 0 Å². The van der Waals surface area contributed by atoms with Crippen LogP contribution in [-0.4, -0.2) is 26.8 Å². The molecule has 0 aromatic heterocycles. The Kier molecular flexibility index (Phi) is 4.05. The van der Waals surface area contributed by atoms with E-state index in [0.29, 0.717) is 11.3 Å². The van der Waals surface area contributed by atoms with Crippen LogP contribution in [0.1, 0.15) is 5.56 Å². The van der Waals surface area contributed by atoms with E-state index in [1.165, 1.54) is 43.7 Å². The molecule has 104 valence electrons. The van der Waals surface area contributed by atoms with Gasteiger partial charge in [-0.2, -0.15) is 12.8 Å². The second-order valence-electron chi connectivity index (χ2n) is 3.95. The molecular formula is C14H13NO4S. The Hall–Kier alpha value is -2.34. The lowest BCUT2D eigenvalue weighted by atomic mass is 10.2. The Morgan fingerprint density at radius 3 is 2.50 bits per heavy atom. The summed E-state index contributed by atoms with van der Waals surface area (Å²) in [5.74, 6) is 0.377. The number of phenolic OH excluding ortho intramolecular Hbond substituents is 1. The van der Waals surface area contributed by atoms with Crippen molar-refractivity contribution in [2.24, 2.45) is 4.40 Å². The van der Waals surface area contributed by atoms with Crippen LogP contribution in [-0.2, 0) is 10.0 Å². The first-order valence-corrected chi connectivity index (χ1v) is 7.19. The van der Waals surface area contributed by atoms with Gasteiger partial charge in [-0.25, -0.2) is 0 Å². The van der Waals surface area contributed by atoms with Crippen LogP contribution < -0.4 is 4.74 Å². The van der Waals surface area contributed by atoms with Crippen molar-refractivity contribution >= 4 is 16.2 Å². The number of methoxy groups -OCH3 is 1. The molecule has 0 aliphatic carbocycles. The van der Waals surface area contributed by atoms with E-state index in [1.54, 1.807) is 18.2 Å². The predicted octanol–water partition coefficient (Wildman–Crippen LogP) is 2.21. The average Bonchev–Trinajstić information content (AvgIpc) is 2.46. The van der Waals surface area contributed by atoms with Crippen molar-refractivity contribution in [3.8, 4) is 11.5 Å². The number of sulfonamides is 1. The van der Waals surface area contributed by atoms with Crippen molar-refractivity contribution in [2.45, 2.75) is 4.90 Å². The average molecular weight is 291 g/mol. The summed E-state index contributed by atoms with van der Waals surface area (Å²) in [6, 6.07) is 12.3. The fourth-order valence-corrected chi connectivity index (χ4v) is 2.46. The van der Waals surface area contributed by atoms with Crippen LogP contribution in [0, 0.1) is 0 Å². The number of phenols is 1. The summed E-state index contributed by atoms with van der Waals surface area (Å²) in [4.78, 5) is 0.119. The molecule has 0 radical (unpaired) electrons. The van der Waals surface area contributed by atoms with E-state index >= 15 is 0 Å². The number of aromatic hydroxyl groups is 1. The van der Waals surface area contributed by atoms with Gasteiger partial charge in [0.05, 0.1) is 18.2 Å². The van der Waals surface area contributed by atoms with Crippen LogP contribution >= 0.6 is 0 Å². The van der Waals surface area contributed by atoms with Gasteiger partial charge in [0.2, 0.25) is 0 Å². The minimum Gasteiger partial charge on any atom is -0.508 e. The fourth-order valence-electron chi connectivity index (χ4n) is 1.59. The summed E-state index contributed by atoms with van der Waals surface area (Å²) in [7, 11) is -2.31. The zero-order valence-electron chi connectivity index (χ0n) is 10.7. The Balaban J connectivity index is 2.35. The van der Waals surface area contributed by atoms with Gasteiger partial charge in [0, 0.05) is 11.6 Å². The summed E-state index contributed by atoms with van der Waals surface area (Å²) in [5, 5.41) is 9.33. The summed E-state index contributed by atoms with van der Waals surface area (Å²) in [6.45, 7) is 0. The highest BCUT2D eigenvalue weighted by atomic mass is 32.2. The summed E-state index contributed by atoms with van der Waals surface area (Å²) >= 11 is 0. The minimum atomic E-state index is -3.74. The van der Waals surface area contributed by atoms with E-state index in [2.05, 4.69) is 4.40 Å². The molecule has 0 unspecified atom stereocenters. The molecule has 6 heteroatoms. The minimum absolute atomic E-state index is 0.0323. The van der Waals surface area contributed by atoms with Gasteiger partial charge in [-0.05, 0) is 24.3 Å². The first-order chi connectivity index (χ1) is 9.53. The Labute approximate surface area is 117 Å². The monoisotopic (exact) mass is 291 g/mol. The lowest BCUT2D eigenvalue weighted by Gasteiger charge is -2.04. The molecule has 5 nitrogen and oxygen atoms in total. The number of rotatable bonds is 4. The van der Waals surface area contributed by atoms with E-state index < -0.39 is 10.0 Å². The van der Waals surface area contributed by atoms with Gasteiger partial charge in [-0.15, -0.1) is 0 Å². The molecule has 20 heavy (non-hydrogen) atoms. The van der Waals surface area contributed by atoms with Gasteiger partial charge in [0.15, 0.2) is 0 Å². The molecule has 0 aliphatic rings. The Morgan fingerprint density at radius 2 is 1.85 bits per heavy atom. The molecule has 0 bridgehead atoms. The summed E-state index contributed by atoms with van der Waals surface area (Å²) in [5.41, 5.74) is 0.463. The highest BCUT2D eigenvalue weighted by Gasteiger charge is 2.11. The standard InChI is InChI=1S/C14H13NO4S/c1-19-14-9-12(16)8-7-11(14)10-15-20(17,18)13-5-3-2-4-6-13/h2-10,16H,1H3. The zero-order chi connectivity index (χ0) is 14.6. The van der Waals surface area contributed by atoms with Crippen LogP contribution in [0.4, 0.5) is 0 Å². The maximum Gasteiger partial charge on any atom is 0.282 e. The maximum atomic E-state index is 12.0. The first kappa shape index (κ1) is 14.1. The molecule has 0 spiro atoms. The summed E-state index contributed by atoms with van der Waals surface area (Å²) < 4.78 is 32.6. The highest BCUT2D eigenvalue weighted by molar-refractivity contribution is 7.90. The van der Waals surface area contributed by atoms with Gasteiger partial charge < -0.3 is 9.84 Å². The third kappa shape index (κ3) is 3.16. The SMILES string of the molecule is COc1cc(O)ccc1C=NS(=O)(=O)c1ccccc1. The number of ether oxygens (including phenoxy) is 1. The molecule has 0 saturated carbocycles.